The maximum absolute atomic E-state index is 11.5. The van der Waals surface area contributed by atoms with Crippen molar-refractivity contribution in [2.24, 2.45) is 10.4 Å². The summed E-state index contributed by atoms with van der Waals surface area (Å²) in [7, 11) is -1.71. The zero-order valence-electron chi connectivity index (χ0n) is 12.4. The van der Waals surface area contributed by atoms with Gasteiger partial charge >= 0.3 is 0 Å². The SMILES string of the molecule is CC(=Nc1cccc(N(C)S(C)(=O)=O)c1)C(C)(C)C. The molecule has 0 unspecified atom stereocenters. The second-order valence-electron chi connectivity index (χ2n) is 5.70. The lowest BCUT2D eigenvalue weighted by Gasteiger charge is -2.19. The fraction of sp³-hybridized carbons (Fsp3) is 0.500. The minimum Gasteiger partial charge on any atom is -0.273 e. The highest BCUT2D eigenvalue weighted by Gasteiger charge is 2.15. The highest BCUT2D eigenvalue weighted by atomic mass is 32.2. The van der Waals surface area contributed by atoms with E-state index in [0.29, 0.717) is 5.69 Å². The van der Waals surface area contributed by atoms with Gasteiger partial charge in [0.1, 0.15) is 0 Å². The molecule has 106 valence electrons. The van der Waals surface area contributed by atoms with Crippen molar-refractivity contribution >= 4 is 27.1 Å². The average molecular weight is 282 g/mol. The number of aliphatic imine (C=N–C) groups is 1. The molecule has 5 heteroatoms. The van der Waals surface area contributed by atoms with Gasteiger partial charge in [-0.1, -0.05) is 26.8 Å². The topological polar surface area (TPSA) is 49.7 Å². The number of rotatable bonds is 3. The van der Waals surface area contributed by atoms with Crippen LogP contribution in [0.3, 0.4) is 0 Å². The van der Waals surface area contributed by atoms with Crippen LogP contribution in [0.5, 0.6) is 0 Å². The molecule has 0 aromatic heterocycles. The molecule has 0 spiro atoms. The molecule has 1 rings (SSSR count). The molecular weight excluding hydrogens is 260 g/mol. The first-order valence-electron chi connectivity index (χ1n) is 6.11. The molecule has 1 aromatic rings. The van der Waals surface area contributed by atoms with Crippen molar-refractivity contribution in [1.29, 1.82) is 0 Å². The maximum atomic E-state index is 11.5. The van der Waals surface area contributed by atoms with Gasteiger partial charge in [0.15, 0.2) is 0 Å². The summed E-state index contributed by atoms with van der Waals surface area (Å²) < 4.78 is 24.3. The Kier molecular flexibility index (Phi) is 4.40. The summed E-state index contributed by atoms with van der Waals surface area (Å²) in [6.45, 7) is 8.27. The second-order valence-corrected chi connectivity index (χ2v) is 7.71. The third-order valence-corrected chi connectivity index (χ3v) is 4.28. The minimum absolute atomic E-state index is 0.00125. The molecule has 0 aliphatic rings. The van der Waals surface area contributed by atoms with Gasteiger partial charge in [-0.15, -0.1) is 0 Å². The molecule has 0 aliphatic carbocycles. The highest BCUT2D eigenvalue weighted by Crippen LogP contribution is 2.25. The van der Waals surface area contributed by atoms with Gasteiger partial charge in [0.05, 0.1) is 17.6 Å². The van der Waals surface area contributed by atoms with E-state index in [1.165, 1.54) is 17.6 Å². The van der Waals surface area contributed by atoms with Gasteiger partial charge in [0.25, 0.3) is 0 Å². The van der Waals surface area contributed by atoms with Crippen molar-refractivity contribution in [2.45, 2.75) is 27.7 Å². The van der Waals surface area contributed by atoms with E-state index in [4.69, 9.17) is 0 Å². The third-order valence-electron chi connectivity index (χ3n) is 3.07. The maximum Gasteiger partial charge on any atom is 0.231 e. The van der Waals surface area contributed by atoms with E-state index >= 15 is 0 Å². The number of anilines is 1. The van der Waals surface area contributed by atoms with Gasteiger partial charge in [0, 0.05) is 12.8 Å². The molecule has 0 fully saturated rings. The number of hydrogen-bond donors (Lipinski definition) is 0. The second kappa shape index (κ2) is 5.33. The Bertz CT molecular complexity index is 584. The van der Waals surface area contributed by atoms with E-state index < -0.39 is 10.0 Å². The molecular formula is C14H22N2O2S. The van der Waals surface area contributed by atoms with Crippen LogP contribution in [0.1, 0.15) is 27.7 Å². The Morgan fingerprint density at radius 2 is 1.84 bits per heavy atom. The van der Waals surface area contributed by atoms with Crippen LogP contribution in [0.2, 0.25) is 0 Å². The molecule has 19 heavy (non-hydrogen) atoms. The first-order valence-corrected chi connectivity index (χ1v) is 7.96. The van der Waals surface area contributed by atoms with Crippen LogP contribution in [-0.4, -0.2) is 27.4 Å². The monoisotopic (exact) mass is 282 g/mol. The lowest BCUT2D eigenvalue weighted by Crippen LogP contribution is -2.24. The van der Waals surface area contributed by atoms with Crippen molar-refractivity contribution in [2.75, 3.05) is 17.6 Å². The predicted molar refractivity (Wildman–Crippen MR) is 81.9 cm³/mol. The van der Waals surface area contributed by atoms with E-state index in [-0.39, 0.29) is 5.41 Å². The van der Waals surface area contributed by atoms with Gasteiger partial charge in [0.2, 0.25) is 10.0 Å². The van der Waals surface area contributed by atoms with E-state index in [0.717, 1.165) is 11.4 Å². The summed E-state index contributed by atoms with van der Waals surface area (Å²) in [5, 5.41) is 0. The molecule has 0 saturated heterocycles. The number of sulfonamides is 1. The van der Waals surface area contributed by atoms with Gasteiger partial charge in [-0.2, -0.15) is 0 Å². The molecule has 0 heterocycles. The Morgan fingerprint density at radius 3 is 2.32 bits per heavy atom. The Balaban J connectivity index is 3.16. The quantitative estimate of drug-likeness (QED) is 0.799. The molecule has 4 nitrogen and oxygen atoms in total. The fourth-order valence-corrected chi connectivity index (χ4v) is 1.81. The van der Waals surface area contributed by atoms with Crippen LogP contribution in [0.25, 0.3) is 0 Å². The van der Waals surface area contributed by atoms with Crippen LogP contribution in [0, 0.1) is 5.41 Å². The average Bonchev–Trinajstić information content (AvgIpc) is 2.26. The molecule has 0 atom stereocenters. The summed E-state index contributed by atoms with van der Waals surface area (Å²) in [6, 6.07) is 7.21. The lowest BCUT2D eigenvalue weighted by atomic mass is 9.91. The summed E-state index contributed by atoms with van der Waals surface area (Å²) in [6.07, 6.45) is 1.18. The summed E-state index contributed by atoms with van der Waals surface area (Å²) in [4.78, 5) is 4.55. The van der Waals surface area contributed by atoms with Gasteiger partial charge in [-0.25, -0.2) is 8.42 Å². The molecule has 0 amide bonds. The standard InChI is InChI=1S/C14H22N2O2S/c1-11(14(2,3)4)15-12-8-7-9-13(10-12)16(5)19(6,17)18/h7-10H,1-6H3. The van der Waals surface area contributed by atoms with Crippen molar-refractivity contribution in [3.8, 4) is 0 Å². The fourth-order valence-electron chi connectivity index (χ4n) is 1.31. The normalized spacial score (nSPS) is 13.5. The Hall–Kier alpha value is -1.36. The predicted octanol–water partition coefficient (Wildman–Crippen LogP) is 3.22. The van der Waals surface area contributed by atoms with E-state index in [9.17, 15) is 8.42 Å². The van der Waals surface area contributed by atoms with E-state index in [1.807, 2.05) is 19.1 Å². The molecule has 1 aromatic carbocycles. The van der Waals surface area contributed by atoms with Gasteiger partial charge in [-0.05, 0) is 30.5 Å². The van der Waals surface area contributed by atoms with Crippen molar-refractivity contribution < 1.29 is 8.42 Å². The lowest BCUT2D eigenvalue weighted by molar-refractivity contribution is 0.588. The number of nitrogens with zero attached hydrogens (tertiary/aromatic N) is 2. The van der Waals surface area contributed by atoms with Crippen molar-refractivity contribution in [3.63, 3.8) is 0 Å². The Labute approximate surface area is 116 Å². The summed E-state index contributed by atoms with van der Waals surface area (Å²) in [5.74, 6) is 0. The molecule has 0 bridgehead atoms. The highest BCUT2D eigenvalue weighted by molar-refractivity contribution is 7.92. The van der Waals surface area contributed by atoms with Crippen LogP contribution in [-0.2, 0) is 10.0 Å². The van der Waals surface area contributed by atoms with Crippen LogP contribution >= 0.6 is 0 Å². The number of benzene rings is 1. The molecule has 0 N–H and O–H groups in total. The molecule has 0 saturated carbocycles. The molecule has 0 aliphatic heterocycles. The molecule has 0 radical (unpaired) electrons. The summed E-state index contributed by atoms with van der Waals surface area (Å²) in [5.41, 5.74) is 2.39. The smallest absolute Gasteiger partial charge is 0.231 e. The Morgan fingerprint density at radius 1 is 1.26 bits per heavy atom. The van der Waals surface area contributed by atoms with Crippen LogP contribution in [0.4, 0.5) is 11.4 Å². The number of hydrogen-bond acceptors (Lipinski definition) is 3. The largest absolute Gasteiger partial charge is 0.273 e. The van der Waals surface area contributed by atoms with E-state index in [2.05, 4.69) is 25.8 Å². The van der Waals surface area contributed by atoms with Crippen LogP contribution < -0.4 is 4.31 Å². The van der Waals surface area contributed by atoms with Crippen LogP contribution in [0.15, 0.2) is 29.3 Å². The van der Waals surface area contributed by atoms with Gasteiger partial charge < -0.3 is 0 Å². The third kappa shape index (κ3) is 4.35. The first-order chi connectivity index (χ1) is 8.51. The van der Waals surface area contributed by atoms with Crippen molar-refractivity contribution in [3.05, 3.63) is 24.3 Å². The van der Waals surface area contributed by atoms with Gasteiger partial charge in [-0.3, -0.25) is 9.30 Å². The zero-order valence-corrected chi connectivity index (χ0v) is 13.2. The minimum atomic E-state index is -3.24. The summed E-state index contributed by atoms with van der Waals surface area (Å²) >= 11 is 0. The van der Waals surface area contributed by atoms with E-state index in [1.54, 1.807) is 12.1 Å². The van der Waals surface area contributed by atoms with Crippen molar-refractivity contribution in [1.82, 2.24) is 0 Å². The first kappa shape index (κ1) is 15.7. The zero-order chi connectivity index (χ0) is 14.8.